The monoisotopic (exact) mass is 958 g/mol. The van der Waals surface area contributed by atoms with Gasteiger partial charge in [0.05, 0.1) is 47.6 Å². The molecule has 1 aliphatic carbocycles. The van der Waals surface area contributed by atoms with Crippen LogP contribution in [0.25, 0.3) is 21.1 Å². The Labute approximate surface area is 397 Å². The number of benzene rings is 1. The second-order valence-electron chi connectivity index (χ2n) is 18.5. The number of amides is 3. The first-order valence-electron chi connectivity index (χ1n) is 24.0. The third kappa shape index (κ3) is 10.7. The molecule has 0 unspecified atom stereocenters. The van der Waals surface area contributed by atoms with Gasteiger partial charge in [-0.25, -0.2) is 8.78 Å². The molecule has 1 aromatic carbocycles. The zero-order valence-electron chi connectivity index (χ0n) is 38.7. The molecule has 0 bridgehead atoms. The van der Waals surface area contributed by atoms with Crippen molar-refractivity contribution >= 4 is 56.0 Å². The molecule has 0 radical (unpaired) electrons. The lowest BCUT2D eigenvalue weighted by Crippen LogP contribution is -2.53. The van der Waals surface area contributed by atoms with E-state index in [-0.39, 0.29) is 124 Å². The lowest BCUT2D eigenvalue weighted by molar-refractivity contribution is -0.142. The van der Waals surface area contributed by atoms with Crippen LogP contribution in [0, 0.1) is 23.5 Å². The Bertz CT molecular complexity index is 2580. The minimum atomic E-state index is -1.10. The van der Waals surface area contributed by atoms with E-state index < -0.39 is 29.5 Å². The van der Waals surface area contributed by atoms with Gasteiger partial charge in [0, 0.05) is 81.9 Å². The molecule has 4 aliphatic rings. The molecule has 16 nitrogen and oxygen atoms in total. The molecule has 1 N–H and O–H groups in total. The highest BCUT2D eigenvalue weighted by atomic mass is 32.1. The Balaban J connectivity index is 0.814. The summed E-state index contributed by atoms with van der Waals surface area (Å²) < 4.78 is 55.8. The number of Topliss-reactive ketones (excluding diaryl/α,β-unsaturated/α-hetero) is 1. The molecule has 3 amide bonds. The first-order valence-corrected chi connectivity index (χ1v) is 24.8. The molecule has 3 saturated heterocycles. The number of nitrogens with one attached hydrogen (secondary N) is 1. The van der Waals surface area contributed by atoms with E-state index in [1.54, 1.807) is 45.3 Å². The number of fused-ring (bicyclic) bond motifs is 2. The van der Waals surface area contributed by atoms with E-state index in [2.05, 4.69) is 20.4 Å². The molecule has 68 heavy (non-hydrogen) atoms. The van der Waals surface area contributed by atoms with E-state index in [0.717, 1.165) is 86.1 Å². The topological polar surface area (TPSA) is 165 Å². The van der Waals surface area contributed by atoms with Gasteiger partial charge in [-0.3, -0.25) is 29.1 Å². The minimum absolute atomic E-state index is 0.00685. The van der Waals surface area contributed by atoms with Crippen LogP contribution in [0.1, 0.15) is 74.5 Å². The van der Waals surface area contributed by atoms with Crippen LogP contribution in [-0.4, -0.2) is 149 Å². The summed E-state index contributed by atoms with van der Waals surface area (Å²) in [6.07, 6.45) is 8.79. The van der Waals surface area contributed by atoms with Gasteiger partial charge in [-0.05, 0) is 80.4 Å². The van der Waals surface area contributed by atoms with Crippen LogP contribution in [-0.2, 0) is 32.2 Å². The number of hydrogen-bond donors (Lipinski definition) is 1. The third-order valence-corrected chi connectivity index (χ3v) is 15.2. The number of carbonyl (C=O) groups excluding carboxylic acids is 4. The van der Waals surface area contributed by atoms with Crippen LogP contribution in [0.5, 0.6) is 11.6 Å². The van der Waals surface area contributed by atoms with E-state index in [0.29, 0.717) is 12.3 Å². The van der Waals surface area contributed by atoms with Crippen molar-refractivity contribution in [3.8, 4) is 11.6 Å². The van der Waals surface area contributed by atoms with Gasteiger partial charge in [-0.15, -0.1) is 11.3 Å². The SMILES string of the molecule is CN[C@@H](C)C(=O)C[C@H](C(=O)N1CCN(C(=O)c2cc3cc(F)c(F)cc3n2CC(=O)N2CCOC[C@H]2COc2cc(CN3CCC(Oc4ccnc5ccsc45)CC3)on2)CC1)C1CCCCC1. The highest BCUT2D eigenvalue weighted by Crippen LogP contribution is 2.35. The Hall–Kier alpha value is -5.50. The van der Waals surface area contributed by atoms with Gasteiger partial charge in [-0.1, -0.05) is 19.3 Å². The molecule has 7 heterocycles. The molecule has 3 atom stereocenters. The predicted molar refractivity (Wildman–Crippen MR) is 249 cm³/mol. The van der Waals surface area contributed by atoms with Gasteiger partial charge in [0.1, 0.15) is 36.5 Å². The lowest BCUT2D eigenvalue weighted by Gasteiger charge is -2.39. The van der Waals surface area contributed by atoms with Gasteiger partial charge < -0.3 is 43.3 Å². The van der Waals surface area contributed by atoms with E-state index in [9.17, 15) is 28.0 Å². The van der Waals surface area contributed by atoms with Crippen LogP contribution >= 0.6 is 11.3 Å². The van der Waals surface area contributed by atoms with Crippen LogP contribution in [0.2, 0.25) is 0 Å². The van der Waals surface area contributed by atoms with Crippen LogP contribution in [0.4, 0.5) is 8.78 Å². The third-order valence-electron chi connectivity index (χ3n) is 14.2. The zero-order chi connectivity index (χ0) is 47.3. The number of piperidine rings is 1. The fraction of sp³-hybridized carbons (Fsp3) is 0.551. The van der Waals surface area contributed by atoms with Crippen molar-refractivity contribution in [3.05, 3.63) is 71.1 Å². The summed E-state index contributed by atoms with van der Waals surface area (Å²) in [6, 6.07) is 8.32. The van der Waals surface area contributed by atoms with Crippen molar-refractivity contribution in [2.75, 3.05) is 72.7 Å². The Kier molecular flexibility index (Phi) is 15.0. The Morgan fingerprint density at radius 3 is 2.47 bits per heavy atom. The molecule has 4 aromatic heterocycles. The maximum Gasteiger partial charge on any atom is 0.270 e. The number of aromatic nitrogens is 3. The minimum Gasteiger partial charge on any atom is -0.489 e. The number of rotatable bonds is 16. The summed E-state index contributed by atoms with van der Waals surface area (Å²) in [5.74, 6) is -1.50. The Morgan fingerprint density at radius 1 is 0.926 bits per heavy atom. The first-order chi connectivity index (χ1) is 33.0. The maximum atomic E-state index is 14.8. The highest BCUT2D eigenvalue weighted by Gasteiger charge is 2.38. The summed E-state index contributed by atoms with van der Waals surface area (Å²) in [6.45, 7) is 5.42. The van der Waals surface area contributed by atoms with Crippen molar-refractivity contribution in [2.24, 2.45) is 11.8 Å². The van der Waals surface area contributed by atoms with Crippen molar-refractivity contribution in [1.29, 1.82) is 0 Å². The number of carbonyl (C=O) groups is 4. The summed E-state index contributed by atoms with van der Waals surface area (Å²) in [7, 11) is 1.73. The number of halogens is 2. The smallest absolute Gasteiger partial charge is 0.270 e. The zero-order valence-corrected chi connectivity index (χ0v) is 39.5. The fourth-order valence-corrected chi connectivity index (χ4v) is 11.0. The van der Waals surface area contributed by atoms with E-state index >= 15 is 0 Å². The average molecular weight is 959 g/mol. The van der Waals surface area contributed by atoms with Crippen LogP contribution in [0.3, 0.4) is 0 Å². The molecular weight excluding hydrogens is 899 g/mol. The number of likely N-dealkylation sites (N-methyl/N-ethyl adjacent to an activating group) is 1. The Morgan fingerprint density at radius 2 is 1.69 bits per heavy atom. The molecule has 19 heteroatoms. The molecule has 5 aromatic rings. The van der Waals surface area contributed by atoms with Gasteiger partial charge in [0.15, 0.2) is 17.4 Å². The molecule has 3 aliphatic heterocycles. The molecule has 364 valence electrons. The van der Waals surface area contributed by atoms with E-state index in [1.807, 2.05) is 24.4 Å². The van der Waals surface area contributed by atoms with Crippen molar-refractivity contribution < 1.29 is 46.7 Å². The molecule has 1 saturated carbocycles. The van der Waals surface area contributed by atoms with Crippen LogP contribution < -0.4 is 14.8 Å². The van der Waals surface area contributed by atoms with E-state index in [4.69, 9.17) is 18.7 Å². The van der Waals surface area contributed by atoms with Gasteiger partial charge >= 0.3 is 0 Å². The van der Waals surface area contributed by atoms with E-state index in [1.165, 1.54) is 10.6 Å². The number of hydrogen-bond acceptors (Lipinski definition) is 13. The summed E-state index contributed by atoms with van der Waals surface area (Å²) >= 11 is 1.63. The maximum absolute atomic E-state index is 14.8. The van der Waals surface area contributed by atoms with Crippen molar-refractivity contribution in [1.82, 2.24) is 39.6 Å². The number of pyridine rings is 1. The largest absolute Gasteiger partial charge is 0.489 e. The highest BCUT2D eigenvalue weighted by molar-refractivity contribution is 7.17. The van der Waals surface area contributed by atoms with Crippen LogP contribution in [0.15, 0.2) is 52.5 Å². The second-order valence-corrected chi connectivity index (χ2v) is 19.5. The fourth-order valence-electron chi connectivity index (χ4n) is 10.2. The number of morpholine rings is 1. The van der Waals surface area contributed by atoms with Gasteiger partial charge in [-0.2, -0.15) is 0 Å². The normalized spacial score (nSPS) is 19.9. The van der Waals surface area contributed by atoms with Crippen molar-refractivity contribution in [3.63, 3.8) is 0 Å². The quantitative estimate of drug-likeness (QED) is 0.125. The summed E-state index contributed by atoms with van der Waals surface area (Å²) in [5.41, 5.74) is 1.24. The van der Waals surface area contributed by atoms with Gasteiger partial charge in [0.2, 0.25) is 11.8 Å². The molecule has 0 spiro atoms. The second kappa shape index (κ2) is 21.4. The number of thiophene rings is 1. The molecular formula is C49H60F2N8O8S. The lowest BCUT2D eigenvalue weighted by atomic mass is 9.76. The standard InChI is InChI=1S/C49H60F2N8O8S/c1-31(52-2)43(60)25-37(32-6-4-3-5-7-32)48(62)56-15-17-57(18-16-56)49(63)42-23-33-22-38(50)39(51)26-41(33)59(42)28-46(61)58-19-20-64-29-34(58)30-65-45-24-36(67-54-45)27-55-13-9-35(10-14-55)66-44-8-12-53-40-11-21-68-47(40)44/h8,11-12,21-24,26,31-32,34-35,37,52H,3-7,9-10,13-20,25,27-30H2,1-2H3/t31-,34-,37-/m0/s1. The number of nitrogens with zero attached hydrogens (tertiary/aromatic N) is 7. The molecule has 4 fully saturated rings. The summed E-state index contributed by atoms with van der Waals surface area (Å²) in [5, 5.41) is 9.43. The number of ketones is 1. The molecule has 9 rings (SSSR count). The predicted octanol–water partition coefficient (Wildman–Crippen LogP) is 5.92. The number of likely N-dealkylation sites (tertiary alicyclic amines) is 1. The van der Waals surface area contributed by atoms with Crippen molar-refractivity contribution in [2.45, 2.75) is 89.6 Å². The number of ether oxygens (including phenoxy) is 3. The summed E-state index contributed by atoms with van der Waals surface area (Å²) in [4.78, 5) is 67.5. The van der Waals surface area contributed by atoms with Gasteiger partial charge in [0.25, 0.3) is 11.8 Å². The first kappa shape index (κ1) is 47.6. The number of piperazine rings is 1. The average Bonchev–Trinajstić information content (AvgIpc) is 4.12.